The van der Waals surface area contributed by atoms with Gasteiger partial charge in [-0.05, 0) is 36.6 Å². The van der Waals surface area contributed by atoms with Crippen molar-refractivity contribution in [3.8, 4) is 0 Å². The first-order valence-corrected chi connectivity index (χ1v) is 10.1. The number of aromatic amines is 1. The first-order valence-electron chi connectivity index (χ1n) is 10.1. The van der Waals surface area contributed by atoms with Crippen molar-refractivity contribution < 1.29 is 14.4 Å². The summed E-state index contributed by atoms with van der Waals surface area (Å²) in [6, 6.07) is 10.7. The van der Waals surface area contributed by atoms with E-state index < -0.39 is 12.1 Å². The molecule has 8 heteroatoms. The summed E-state index contributed by atoms with van der Waals surface area (Å²) in [5, 5.41) is 6.64. The second-order valence-electron chi connectivity index (χ2n) is 7.53. The molecule has 0 bridgehead atoms. The number of carbonyl (C=O) groups is 3. The number of aromatic nitrogens is 2. The molecule has 1 saturated heterocycles. The van der Waals surface area contributed by atoms with Crippen molar-refractivity contribution in [1.82, 2.24) is 25.1 Å². The number of imide groups is 1. The lowest BCUT2D eigenvalue weighted by Crippen LogP contribution is -2.34. The predicted octanol–water partition coefficient (Wildman–Crippen LogP) is 2.07. The van der Waals surface area contributed by atoms with Crippen molar-refractivity contribution in [3.63, 3.8) is 0 Å². The Morgan fingerprint density at radius 1 is 1.17 bits per heavy atom. The van der Waals surface area contributed by atoms with E-state index in [1.807, 2.05) is 60.4 Å². The molecule has 30 heavy (non-hydrogen) atoms. The summed E-state index contributed by atoms with van der Waals surface area (Å²) < 4.78 is 1.94. The minimum Gasteiger partial charge on any atom is -0.361 e. The lowest BCUT2D eigenvalue weighted by Gasteiger charge is -2.13. The number of nitrogens with zero attached hydrogens (tertiary/aromatic N) is 2. The third kappa shape index (κ3) is 4.07. The number of H-pyrrole nitrogens is 1. The maximum absolute atomic E-state index is 12.6. The maximum Gasteiger partial charge on any atom is 0.324 e. The van der Waals surface area contributed by atoms with Gasteiger partial charge in [0.1, 0.15) is 6.04 Å². The highest BCUT2D eigenvalue weighted by Crippen LogP contribution is 2.19. The summed E-state index contributed by atoms with van der Waals surface area (Å²) in [5.41, 5.74) is 3.09. The smallest absolute Gasteiger partial charge is 0.324 e. The minimum atomic E-state index is -0.652. The van der Waals surface area contributed by atoms with Gasteiger partial charge in [0, 0.05) is 49.0 Å². The molecule has 3 aromatic rings. The molecule has 3 N–H and O–H groups in total. The molecule has 8 nitrogen and oxygen atoms in total. The molecular formula is C22H25N5O3. The molecule has 1 aromatic carbocycles. The number of rotatable bonds is 8. The van der Waals surface area contributed by atoms with Gasteiger partial charge in [0.25, 0.3) is 5.91 Å². The average Bonchev–Trinajstić information content (AvgIpc) is 3.41. The van der Waals surface area contributed by atoms with Gasteiger partial charge in [0.15, 0.2) is 0 Å². The van der Waals surface area contributed by atoms with Gasteiger partial charge in [0.05, 0.1) is 6.54 Å². The van der Waals surface area contributed by atoms with Crippen LogP contribution in [0.1, 0.15) is 24.1 Å². The number of carbonyl (C=O) groups excluding carboxylic acids is 3. The highest BCUT2D eigenvalue weighted by molar-refractivity contribution is 6.04. The Hall–Kier alpha value is -3.55. The van der Waals surface area contributed by atoms with Crippen molar-refractivity contribution in [2.45, 2.75) is 31.8 Å². The number of para-hydroxylation sites is 1. The van der Waals surface area contributed by atoms with E-state index in [1.165, 1.54) is 4.90 Å². The molecule has 0 saturated carbocycles. The molecule has 156 valence electrons. The molecule has 0 radical (unpaired) electrons. The number of amides is 4. The van der Waals surface area contributed by atoms with Gasteiger partial charge in [-0.2, -0.15) is 0 Å². The molecule has 3 heterocycles. The fourth-order valence-electron chi connectivity index (χ4n) is 3.79. The number of hydrogen-bond donors (Lipinski definition) is 3. The average molecular weight is 407 g/mol. The highest BCUT2D eigenvalue weighted by Gasteiger charge is 2.37. The van der Waals surface area contributed by atoms with Gasteiger partial charge in [-0.3, -0.25) is 14.5 Å². The predicted molar refractivity (Wildman–Crippen MR) is 113 cm³/mol. The number of benzene rings is 1. The number of nitrogens with one attached hydrogen (secondary N) is 3. The van der Waals surface area contributed by atoms with Crippen LogP contribution in [0.25, 0.3) is 10.9 Å². The monoisotopic (exact) mass is 407 g/mol. The van der Waals surface area contributed by atoms with Crippen LogP contribution in [0.4, 0.5) is 4.79 Å². The van der Waals surface area contributed by atoms with E-state index in [2.05, 4.69) is 15.6 Å². The van der Waals surface area contributed by atoms with Crippen molar-refractivity contribution in [2.75, 3.05) is 6.54 Å². The quantitative estimate of drug-likeness (QED) is 0.499. The molecule has 2 aromatic heterocycles. The van der Waals surface area contributed by atoms with E-state index in [-0.39, 0.29) is 24.7 Å². The van der Waals surface area contributed by atoms with E-state index in [9.17, 15) is 14.4 Å². The molecule has 4 rings (SSSR count). The van der Waals surface area contributed by atoms with Crippen molar-refractivity contribution in [1.29, 1.82) is 0 Å². The van der Waals surface area contributed by atoms with Gasteiger partial charge in [-0.25, -0.2) is 4.79 Å². The zero-order valence-corrected chi connectivity index (χ0v) is 16.9. The van der Waals surface area contributed by atoms with E-state index >= 15 is 0 Å². The number of hydrogen-bond acceptors (Lipinski definition) is 3. The van der Waals surface area contributed by atoms with Crippen LogP contribution in [0.15, 0.2) is 48.8 Å². The van der Waals surface area contributed by atoms with Crippen LogP contribution in [-0.4, -0.2) is 44.9 Å². The minimum absolute atomic E-state index is 0.143. The molecule has 0 aliphatic carbocycles. The molecule has 4 amide bonds. The van der Waals surface area contributed by atoms with Gasteiger partial charge in [0.2, 0.25) is 5.91 Å². The van der Waals surface area contributed by atoms with Gasteiger partial charge in [-0.1, -0.05) is 18.2 Å². The zero-order chi connectivity index (χ0) is 21.1. The third-order valence-electron chi connectivity index (χ3n) is 5.56. The third-order valence-corrected chi connectivity index (χ3v) is 5.56. The molecule has 0 unspecified atom stereocenters. The first kappa shape index (κ1) is 19.8. The van der Waals surface area contributed by atoms with Crippen LogP contribution in [0.3, 0.4) is 0 Å². The second-order valence-corrected chi connectivity index (χ2v) is 7.53. The second kappa shape index (κ2) is 8.44. The van der Waals surface area contributed by atoms with Gasteiger partial charge < -0.3 is 20.2 Å². The van der Waals surface area contributed by atoms with E-state index in [0.29, 0.717) is 19.5 Å². The molecule has 1 fully saturated rings. The molecular weight excluding hydrogens is 382 g/mol. The lowest BCUT2D eigenvalue weighted by molar-refractivity contribution is -0.127. The number of fused-ring (bicyclic) bond motifs is 1. The van der Waals surface area contributed by atoms with Crippen molar-refractivity contribution in [2.24, 2.45) is 7.05 Å². The summed E-state index contributed by atoms with van der Waals surface area (Å²) in [7, 11) is 1.92. The molecule has 0 spiro atoms. The van der Waals surface area contributed by atoms with E-state index in [0.717, 1.165) is 22.2 Å². The Labute approximate surface area is 174 Å². The largest absolute Gasteiger partial charge is 0.361 e. The summed E-state index contributed by atoms with van der Waals surface area (Å²) in [4.78, 5) is 41.5. The van der Waals surface area contributed by atoms with Crippen LogP contribution in [0.2, 0.25) is 0 Å². The maximum atomic E-state index is 12.6. The van der Waals surface area contributed by atoms with Gasteiger partial charge >= 0.3 is 6.03 Å². The summed E-state index contributed by atoms with van der Waals surface area (Å²) in [6.07, 6.45) is 4.87. The first-order chi connectivity index (χ1) is 14.5. The van der Waals surface area contributed by atoms with Crippen LogP contribution in [-0.2, 0) is 29.6 Å². The molecule has 1 atom stereocenters. The highest BCUT2D eigenvalue weighted by atomic mass is 16.2. The summed E-state index contributed by atoms with van der Waals surface area (Å²) >= 11 is 0. The Morgan fingerprint density at radius 2 is 2.00 bits per heavy atom. The van der Waals surface area contributed by atoms with Crippen molar-refractivity contribution in [3.05, 3.63) is 60.0 Å². The summed E-state index contributed by atoms with van der Waals surface area (Å²) in [6.45, 7) is 0.743. The standard InChI is InChI=1S/C22H25N5O3/c1-26-11-4-5-16(26)14-24-20(28)9-8-19-21(29)27(22(30)25-19)12-10-15-13-23-18-7-3-2-6-17(15)18/h2-7,11,13,19,23H,8-10,12,14H2,1H3,(H,24,28)(H,25,30)/t19-/m1/s1. The number of aryl methyl sites for hydroxylation is 1. The Kier molecular flexibility index (Phi) is 5.56. The zero-order valence-electron chi connectivity index (χ0n) is 16.9. The van der Waals surface area contributed by atoms with E-state index in [4.69, 9.17) is 0 Å². The molecule has 1 aliphatic rings. The fourth-order valence-corrected chi connectivity index (χ4v) is 3.79. The van der Waals surface area contributed by atoms with Crippen LogP contribution in [0, 0.1) is 0 Å². The Balaban J connectivity index is 1.27. The fraction of sp³-hybridized carbons (Fsp3) is 0.318. The Bertz CT molecular complexity index is 1080. The molecule has 1 aliphatic heterocycles. The Morgan fingerprint density at radius 3 is 2.80 bits per heavy atom. The lowest BCUT2D eigenvalue weighted by atomic mass is 10.1. The van der Waals surface area contributed by atoms with Crippen LogP contribution in [0.5, 0.6) is 0 Å². The normalized spacial score (nSPS) is 16.3. The van der Waals surface area contributed by atoms with Crippen LogP contribution < -0.4 is 10.6 Å². The van der Waals surface area contributed by atoms with Crippen molar-refractivity contribution >= 4 is 28.7 Å². The van der Waals surface area contributed by atoms with E-state index in [1.54, 1.807) is 0 Å². The number of urea groups is 1. The van der Waals surface area contributed by atoms with Crippen LogP contribution >= 0.6 is 0 Å². The van der Waals surface area contributed by atoms with Gasteiger partial charge in [-0.15, -0.1) is 0 Å². The topological polar surface area (TPSA) is 99.2 Å². The summed E-state index contributed by atoms with van der Waals surface area (Å²) in [5.74, 6) is -0.412. The SMILES string of the molecule is Cn1cccc1CNC(=O)CC[C@H]1NC(=O)N(CCc2c[nH]c3ccccc23)C1=O.